The molecule has 41 heavy (non-hydrogen) atoms. The van der Waals surface area contributed by atoms with Gasteiger partial charge in [0.1, 0.15) is 5.75 Å². The lowest BCUT2D eigenvalue weighted by Gasteiger charge is -2.34. The average Bonchev–Trinajstić information content (AvgIpc) is 3.17. The Morgan fingerprint density at radius 1 is 1.27 bits per heavy atom. The molecule has 0 radical (unpaired) electrons. The fourth-order valence-corrected chi connectivity index (χ4v) is 6.76. The Morgan fingerprint density at radius 2 is 1.93 bits per heavy atom. The lowest BCUT2D eigenvalue weighted by molar-refractivity contribution is -0.211. The summed E-state index contributed by atoms with van der Waals surface area (Å²) in [5.74, 6) is -1.05. The van der Waals surface area contributed by atoms with E-state index in [2.05, 4.69) is 31.3 Å². The number of hydrogen-bond donors (Lipinski definition) is 1. The van der Waals surface area contributed by atoms with Crippen LogP contribution in [-0.4, -0.2) is 71.5 Å². The zero-order valence-corrected chi connectivity index (χ0v) is 25.9. The summed E-state index contributed by atoms with van der Waals surface area (Å²) in [6.07, 6.45) is -2.90. The first-order chi connectivity index (χ1) is 18.9. The molecule has 0 unspecified atom stereocenters. The fraction of sp³-hybridized carbons (Fsp3) is 0.600. The Morgan fingerprint density at radius 3 is 2.46 bits per heavy atom. The van der Waals surface area contributed by atoms with Gasteiger partial charge in [0.25, 0.3) is 5.91 Å². The number of halogens is 7. The van der Waals surface area contributed by atoms with Crippen molar-refractivity contribution in [3.05, 3.63) is 34.5 Å². The van der Waals surface area contributed by atoms with Crippen LogP contribution in [0, 0.1) is 5.41 Å². The highest BCUT2D eigenvalue weighted by Gasteiger charge is 2.47. The monoisotopic (exact) mass is 692 g/mol. The second kappa shape index (κ2) is 12.7. The molecule has 8 nitrogen and oxygen atoms in total. The van der Waals surface area contributed by atoms with E-state index in [1.54, 1.807) is 10.8 Å². The minimum absolute atomic E-state index is 0.0306. The van der Waals surface area contributed by atoms with Crippen molar-refractivity contribution in [2.45, 2.75) is 70.7 Å². The van der Waals surface area contributed by atoms with Crippen molar-refractivity contribution in [3.8, 4) is 17.0 Å². The van der Waals surface area contributed by atoms with Gasteiger partial charge in [-0.2, -0.15) is 27.1 Å². The molecule has 1 aromatic carbocycles. The number of alkyl halides is 5. The number of aromatic nitrogens is 2. The third kappa shape index (κ3) is 7.90. The van der Waals surface area contributed by atoms with Crippen LogP contribution in [0.25, 0.3) is 11.3 Å². The van der Waals surface area contributed by atoms with Crippen molar-refractivity contribution in [2.75, 3.05) is 19.3 Å². The summed E-state index contributed by atoms with van der Waals surface area (Å²) in [7, 11) is -3.22. The van der Waals surface area contributed by atoms with Gasteiger partial charge < -0.3 is 10.1 Å². The highest BCUT2D eigenvalue weighted by atomic mass is 79.9. The number of carbonyl (C=O) groups excluding carboxylic acids is 1. The highest BCUT2D eigenvalue weighted by Crippen LogP contribution is 2.43. The second-order valence-corrected chi connectivity index (χ2v) is 14.2. The van der Waals surface area contributed by atoms with Crippen molar-refractivity contribution in [2.24, 2.45) is 5.41 Å². The molecule has 1 aliphatic heterocycles. The molecule has 1 amide bonds. The third-order valence-electron chi connectivity index (χ3n) is 7.04. The van der Waals surface area contributed by atoms with Crippen molar-refractivity contribution in [1.82, 2.24) is 19.0 Å². The van der Waals surface area contributed by atoms with Crippen LogP contribution >= 0.6 is 27.7 Å². The number of sulfone groups is 1. The molecular weight excluding hydrogens is 663 g/mol. The minimum Gasteiger partial charge on any atom is -0.434 e. The van der Waals surface area contributed by atoms with Gasteiger partial charge in [-0.1, -0.05) is 31.5 Å². The van der Waals surface area contributed by atoms with E-state index in [9.17, 15) is 35.2 Å². The third-order valence-corrected chi connectivity index (χ3v) is 9.86. The van der Waals surface area contributed by atoms with Crippen LogP contribution in [0.2, 0.25) is 5.02 Å². The number of ether oxygens (including phenoxy) is 1. The molecule has 2 aromatic rings. The Balaban J connectivity index is 1.88. The van der Waals surface area contributed by atoms with E-state index >= 15 is 0 Å². The van der Waals surface area contributed by atoms with Gasteiger partial charge >= 0.3 is 12.8 Å². The summed E-state index contributed by atoms with van der Waals surface area (Å²) in [5.41, 5.74) is -2.07. The number of amides is 1. The predicted octanol–water partition coefficient (Wildman–Crippen LogP) is 5.87. The molecule has 0 saturated carbocycles. The highest BCUT2D eigenvalue weighted by molar-refractivity contribution is 9.07. The van der Waals surface area contributed by atoms with E-state index in [0.29, 0.717) is 12.8 Å². The van der Waals surface area contributed by atoms with E-state index in [-0.39, 0.29) is 53.2 Å². The molecule has 3 rings (SSSR count). The van der Waals surface area contributed by atoms with Gasteiger partial charge in [0.05, 0.1) is 21.4 Å². The summed E-state index contributed by atoms with van der Waals surface area (Å²) in [5, 5.41) is 6.29. The molecule has 0 aliphatic carbocycles. The van der Waals surface area contributed by atoms with Gasteiger partial charge in [0.2, 0.25) is 0 Å². The first kappa shape index (κ1) is 33.5. The van der Waals surface area contributed by atoms with Crippen LogP contribution in [-0.2, 0) is 22.8 Å². The van der Waals surface area contributed by atoms with Crippen molar-refractivity contribution >= 4 is 43.5 Å². The maximum absolute atomic E-state index is 13.4. The lowest BCUT2D eigenvalue weighted by atomic mass is 9.84. The number of benzene rings is 1. The molecule has 0 bridgehead atoms. The summed E-state index contributed by atoms with van der Waals surface area (Å²) in [6.45, 7) is 1.01. The Bertz CT molecular complexity index is 1370. The van der Waals surface area contributed by atoms with E-state index < -0.39 is 51.4 Å². The van der Waals surface area contributed by atoms with Crippen LogP contribution in [0.4, 0.5) is 22.0 Å². The van der Waals surface area contributed by atoms with E-state index in [0.717, 1.165) is 19.9 Å². The molecule has 2 heterocycles. The fourth-order valence-electron chi connectivity index (χ4n) is 4.55. The molecule has 2 atom stereocenters. The number of rotatable bonds is 10. The molecule has 0 spiro atoms. The van der Waals surface area contributed by atoms with Crippen molar-refractivity contribution in [3.63, 3.8) is 0 Å². The summed E-state index contributed by atoms with van der Waals surface area (Å²) in [4.78, 5) is 13.1. The largest absolute Gasteiger partial charge is 0.434 e. The molecule has 1 aromatic heterocycles. The maximum atomic E-state index is 13.4. The maximum Gasteiger partial charge on any atom is 0.394 e. The van der Waals surface area contributed by atoms with Gasteiger partial charge in [0.15, 0.2) is 15.5 Å². The van der Waals surface area contributed by atoms with Crippen LogP contribution in [0.1, 0.15) is 49.7 Å². The number of hydrogen-bond acceptors (Lipinski definition) is 6. The van der Waals surface area contributed by atoms with Gasteiger partial charge in [-0.25, -0.2) is 12.3 Å². The summed E-state index contributed by atoms with van der Waals surface area (Å²) in [6, 6.07) is 3.58. The SMILES string of the molecule is CCn1nc(C(=O)NC[C@@H]2CC[C@@H](S(C)(=O)=O)CN2Br)c(Cl)c1-c1ccc(CC(C)(C)C(F)(F)F)cc1OC(F)F. The van der Waals surface area contributed by atoms with Gasteiger partial charge in [-0.15, -0.1) is 0 Å². The van der Waals surface area contributed by atoms with Gasteiger partial charge in [-0.05, 0) is 43.9 Å². The topological polar surface area (TPSA) is 93.5 Å². The van der Waals surface area contributed by atoms with Crippen LogP contribution < -0.4 is 10.1 Å². The van der Waals surface area contributed by atoms with Crippen molar-refractivity contribution in [1.29, 1.82) is 0 Å². The smallest absolute Gasteiger partial charge is 0.394 e. The summed E-state index contributed by atoms with van der Waals surface area (Å²) < 4.78 is 98.3. The normalized spacial score (nSPS) is 19.0. The number of aryl methyl sites for hydroxylation is 1. The molecular formula is C25H31BrClF5N4O4S. The van der Waals surface area contributed by atoms with Crippen LogP contribution in [0.5, 0.6) is 5.75 Å². The minimum atomic E-state index is -4.53. The molecule has 1 saturated heterocycles. The van der Waals surface area contributed by atoms with Crippen LogP contribution in [0.15, 0.2) is 18.2 Å². The number of nitrogens with zero attached hydrogens (tertiary/aromatic N) is 3. The lowest BCUT2D eigenvalue weighted by Crippen LogP contribution is -2.47. The Kier molecular flexibility index (Phi) is 10.4. The second-order valence-electron chi connectivity index (χ2n) is 10.6. The van der Waals surface area contributed by atoms with E-state index in [1.807, 2.05) is 0 Å². The molecule has 1 fully saturated rings. The number of nitrogens with one attached hydrogen (secondary N) is 1. The van der Waals surface area contributed by atoms with Crippen LogP contribution in [0.3, 0.4) is 0 Å². The van der Waals surface area contributed by atoms with Gasteiger partial charge in [0, 0.05) is 53.6 Å². The van der Waals surface area contributed by atoms with Crippen molar-refractivity contribution < 1.29 is 39.9 Å². The number of carbonyl (C=O) groups is 1. The average molecular weight is 694 g/mol. The quantitative estimate of drug-likeness (QED) is 0.247. The zero-order valence-electron chi connectivity index (χ0n) is 22.7. The molecule has 230 valence electrons. The first-order valence-corrected chi connectivity index (χ1v) is 15.7. The molecule has 16 heteroatoms. The standard InChI is InChI=1S/C25H31BrClF5N4O4S/c1-5-36-21(17-9-6-14(10-18(17)40-23(28)29)11-24(2,3)25(30,31)32)19(27)20(34-36)22(37)33-12-15-7-8-16(13-35(15)26)41(4,38)39/h6,9-10,15-16,23H,5,7-8,11-13H2,1-4H3,(H,33,37)/t15-,16+/m0/s1. The predicted molar refractivity (Wildman–Crippen MR) is 148 cm³/mol. The first-order valence-electron chi connectivity index (χ1n) is 12.7. The number of piperidine rings is 1. The molecule has 1 N–H and O–H groups in total. The Labute approximate surface area is 248 Å². The zero-order chi connectivity index (χ0) is 30.9. The summed E-state index contributed by atoms with van der Waals surface area (Å²) >= 11 is 9.91. The van der Waals surface area contributed by atoms with Gasteiger partial charge in [-0.3, -0.25) is 9.48 Å². The van der Waals surface area contributed by atoms with E-state index in [4.69, 9.17) is 11.6 Å². The molecule has 1 aliphatic rings. The van der Waals surface area contributed by atoms with E-state index in [1.165, 1.54) is 23.1 Å². The Hall–Kier alpha value is -1.97.